The molecule has 196 valence electrons. The normalized spacial score (nSPS) is 17.2. The molecule has 1 aliphatic rings. The zero-order valence-electron chi connectivity index (χ0n) is 22.3. The summed E-state index contributed by atoms with van der Waals surface area (Å²) in [5.41, 5.74) is 3.15. The summed E-state index contributed by atoms with van der Waals surface area (Å²) < 4.78 is 13.7. The van der Waals surface area contributed by atoms with E-state index in [2.05, 4.69) is 65.2 Å². The Kier molecular flexibility index (Phi) is 7.00. The number of furan rings is 1. The lowest BCUT2D eigenvalue weighted by atomic mass is 9.98. The summed E-state index contributed by atoms with van der Waals surface area (Å²) in [6.07, 6.45) is 4.56. The number of pyridine rings is 1. The van der Waals surface area contributed by atoms with Gasteiger partial charge in [-0.1, -0.05) is 18.6 Å². The minimum absolute atomic E-state index is 0.0602. The minimum atomic E-state index is -0.510. The van der Waals surface area contributed by atoms with Crippen molar-refractivity contribution < 1.29 is 9.15 Å². The van der Waals surface area contributed by atoms with Gasteiger partial charge in [-0.05, 0) is 92.6 Å². The highest BCUT2D eigenvalue weighted by molar-refractivity contribution is 5.83. The molecular weight excluding hydrogens is 468 g/mol. The molecule has 9 nitrogen and oxygen atoms in total. The van der Waals surface area contributed by atoms with E-state index in [1.807, 2.05) is 29.8 Å². The first-order chi connectivity index (χ1) is 17.8. The predicted molar refractivity (Wildman–Crippen MR) is 141 cm³/mol. The summed E-state index contributed by atoms with van der Waals surface area (Å²) in [5, 5.41) is 14.0. The van der Waals surface area contributed by atoms with E-state index in [9.17, 15) is 4.79 Å². The molecule has 37 heavy (non-hydrogen) atoms. The van der Waals surface area contributed by atoms with Gasteiger partial charge in [0, 0.05) is 18.7 Å². The first-order valence-electron chi connectivity index (χ1n) is 13.1. The molecule has 4 aromatic rings. The topological polar surface area (TPSA) is 102 Å². The summed E-state index contributed by atoms with van der Waals surface area (Å²) in [6, 6.07) is 9.52. The Morgan fingerprint density at radius 1 is 1.27 bits per heavy atom. The van der Waals surface area contributed by atoms with Gasteiger partial charge in [0.15, 0.2) is 5.82 Å². The summed E-state index contributed by atoms with van der Waals surface area (Å²) >= 11 is 0. The molecule has 1 saturated heterocycles. The number of hydrogen-bond donors (Lipinski definition) is 1. The summed E-state index contributed by atoms with van der Waals surface area (Å²) in [5.74, 6) is 1.44. The van der Waals surface area contributed by atoms with Crippen LogP contribution in [0.25, 0.3) is 10.9 Å². The van der Waals surface area contributed by atoms with Crippen molar-refractivity contribution in [3.8, 4) is 0 Å². The maximum atomic E-state index is 13.8. The molecule has 2 atom stereocenters. The predicted octanol–water partition coefficient (Wildman–Crippen LogP) is 4.64. The van der Waals surface area contributed by atoms with Crippen molar-refractivity contribution in [2.75, 3.05) is 13.2 Å². The average molecular weight is 505 g/mol. The number of H-pyrrole nitrogens is 1. The molecule has 1 N–H and O–H groups in total. The van der Waals surface area contributed by atoms with Crippen LogP contribution in [0.1, 0.15) is 74.4 Å². The summed E-state index contributed by atoms with van der Waals surface area (Å²) in [7, 11) is 0. The lowest BCUT2D eigenvalue weighted by Crippen LogP contribution is -2.41. The van der Waals surface area contributed by atoms with Crippen LogP contribution in [0.15, 0.2) is 45.8 Å². The third-order valence-electron chi connectivity index (χ3n) is 7.56. The van der Waals surface area contributed by atoms with Gasteiger partial charge in [0.25, 0.3) is 5.56 Å². The number of fused-ring (bicyclic) bond motifs is 1. The van der Waals surface area contributed by atoms with Gasteiger partial charge in [0.1, 0.15) is 11.8 Å². The number of aromatic nitrogens is 5. The highest BCUT2D eigenvalue weighted by atomic mass is 16.5. The van der Waals surface area contributed by atoms with Crippen LogP contribution in [0.3, 0.4) is 0 Å². The number of benzene rings is 1. The van der Waals surface area contributed by atoms with Gasteiger partial charge in [-0.2, -0.15) is 0 Å². The Bertz CT molecular complexity index is 1420. The van der Waals surface area contributed by atoms with Crippen LogP contribution in [-0.4, -0.2) is 49.3 Å². The summed E-state index contributed by atoms with van der Waals surface area (Å²) in [4.78, 5) is 19.2. The lowest BCUT2D eigenvalue weighted by molar-refractivity contribution is 0.0534. The fourth-order valence-electron chi connectivity index (χ4n) is 5.27. The molecule has 0 saturated carbocycles. The van der Waals surface area contributed by atoms with Crippen molar-refractivity contribution in [1.82, 2.24) is 30.1 Å². The van der Waals surface area contributed by atoms with Crippen LogP contribution in [0.5, 0.6) is 0 Å². The molecule has 2 unspecified atom stereocenters. The smallest absolute Gasteiger partial charge is 0.253 e. The van der Waals surface area contributed by atoms with E-state index in [1.165, 1.54) is 0 Å². The number of nitrogens with one attached hydrogen (secondary N) is 1. The molecule has 1 aromatic carbocycles. The molecule has 0 bridgehead atoms. The molecular formula is C28H36N6O3. The van der Waals surface area contributed by atoms with Crippen molar-refractivity contribution in [2.45, 2.75) is 78.1 Å². The molecule has 3 aromatic heterocycles. The number of aryl methyl sites for hydroxylation is 2. The molecule has 0 spiro atoms. The van der Waals surface area contributed by atoms with Crippen LogP contribution >= 0.6 is 0 Å². The van der Waals surface area contributed by atoms with E-state index in [1.54, 1.807) is 6.26 Å². The van der Waals surface area contributed by atoms with Crippen molar-refractivity contribution in [3.63, 3.8) is 0 Å². The Hall–Kier alpha value is -3.30. The Morgan fingerprint density at radius 2 is 2.11 bits per heavy atom. The maximum absolute atomic E-state index is 13.8. The second-order valence-corrected chi connectivity index (χ2v) is 10.8. The first kappa shape index (κ1) is 25.4. The van der Waals surface area contributed by atoms with E-state index in [0.29, 0.717) is 24.5 Å². The van der Waals surface area contributed by atoms with Crippen LogP contribution < -0.4 is 5.56 Å². The molecule has 9 heteroatoms. The van der Waals surface area contributed by atoms with Crippen molar-refractivity contribution in [1.29, 1.82) is 0 Å². The van der Waals surface area contributed by atoms with Gasteiger partial charge in [-0.15, -0.1) is 5.10 Å². The van der Waals surface area contributed by atoms with Crippen molar-refractivity contribution >= 4 is 10.9 Å². The van der Waals surface area contributed by atoms with Gasteiger partial charge in [0.05, 0.1) is 30.0 Å². The van der Waals surface area contributed by atoms with Crippen molar-refractivity contribution in [3.05, 3.63) is 75.2 Å². The van der Waals surface area contributed by atoms with Crippen LogP contribution in [-0.2, 0) is 16.8 Å². The van der Waals surface area contributed by atoms with Gasteiger partial charge < -0.3 is 14.1 Å². The number of aromatic amines is 1. The number of ether oxygens (including phenoxy) is 1. The number of rotatable bonds is 9. The van der Waals surface area contributed by atoms with Gasteiger partial charge in [0.2, 0.25) is 0 Å². The van der Waals surface area contributed by atoms with E-state index in [0.717, 1.165) is 53.7 Å². The third kappa shape index (κ3) is 5.10. The molecule has 5 rings (SSSR count). The molecule has 0 aliphatic carbocycles. The first-order valence-corrected chi connectivity index (χ1v) is 13.1. The average Bonchev–Trinajstić information content (AvgIpc) is 3.64. The maximum Gasteiger partial charge on any atom is 0.253 e. The zero-order valence-corrected chi connectivity index (χ0v) is 22.3. The van der Waals surface area contributed by atoms with E-state index >= 15 is 0 Å². The number of hydrogen-bond acceptors (Lipinski definition) is 7. The van der Waals surface area contributed by atoms with Gasteiger partial charge >= 0.3 is 0 Å². The SMILES string of the molecule is CCC(C)(C)n1nnnc1C(c1cc2cc(C)cc(C)c2[nH]c1=O)N(Cc1ccco1)CC1CCCO1. The second-order valence-electron chi connectivity index (χ2n) is 10.8. The Morgan fingerprint density at radius 3 is 2.81 bits per heavy atom. The number of nitrogens with zero attached hydrogens (tertiary/aromatic N) is 5. The van der Waals surface area contributed by atoms with Crippen molar-refractivity contribution in [2.24, 2.45) is 0 Å². The van der Waals surface area contributed by atoms with Gasteiger partial charge in [-0.25, -0.2) is 4.68 Å². The highest BCUT2D eigenvalue weighted by Gasteiger charge is 2.36. The molecule has 4 heterocycles. The Balaban J connectivity index is 1.72. The zero-order chi connectivity index (χ0) is 26.2. The number of tetrazole rings is 1. The fraction of sp³-hybridized carbons (Fsp3) is 0.500. The molecule has 1 fully saturated rings. The highest BCUT2D eigenvalue weighted by Crippen LogP contribution is 2.33. The molecule has 0 radical (unpaired) electrons. The monoisotopic (exact) mass is 504 g/mol. The second kappa shape index (κ2) is 10.2. The summed E-state index contributed by atoms with van der Waals surface area (Å²) in [6.45, 7) is 12.3. The molecule has 0 amide bonds. The van der Waals surface area contributed by atoms with Crippen LogP contribution in [0, 0.1) is 13.8 Å². The largest absolute Gasteiger partial charge is 0.468 e. The fourth-order valence-corrected chi connectivity index (χ4v) is 5.27. The van der Waals surface area contributed by atoms with E-state index in [4.69, 9.17) is 9.15 Å². The van der Waals surface area contributed by atoms with Crippen LogP contribution in [0.4, 0.5) is 0 Å². The third-order valence-corrected chi connectivity index (χ3v) is 7.56. The quantitative estimate of drug-likeness (QED) is 0.354. The standard InChI is InChI=1S/C28H36N6O3/c1-6-28(4,5)34-26(30-31-32-34)25(23-15-20-14-18(2)13-19(3)24(20)29-27(23)35)33(16-21-9-7-11-36-21)17-22-10-8-12-37-22/h7,9,11,13-15,22,25H,6,8,10,12,16-17H2,1-5H3,(H,29,35). The Labute approximate surface area is 216 Å². The molecule has 1 aliphatic heterocycles. The van der Waals surface area contributed by atoms with E-state index < -0.39 is 6.04 Å². The minimum Gasteiger partial charge on any atom is -0.468 e. The van der Waals surface area contributed by atoms with Gasteiger partial charge in [-0.3, -0.25) is 9.69 Å². The van der Waals surface area contributed by atoms with Crippen LogP contribution in [0.2, 0.25) is 0 Å². The lowest BCUT2D eigenvalue weighted by Gasteiger charge is -2.34. The van der Waals surface area contributed by atoms with E-state index in [-0.39, 0.29) is 17.2 Å².